The van der Waals surface area contributed by atoms with Gasteiger partial charge in [0.05, 0.1) is 17.7 Å². The van der Waals surface area contributed by atoms with Crippen LogP contribution < -0.4 is 0 Å². The van der Waals surface area contributed by atoms with Crippen LogP contribution in [0.5, 0.6) is 0 Å². The average Bonchev–Trinajstić information content (AvgIpc) is 2.73. The van der Waals surface area contributed by atoms with Gasteiger partial charge in [-0.1, -0.05) is 35.2 Å². The zero-order valence-electron chi connectivity index (χ0n) is 11.6. The summed E-state index contributed by atoms with van der Waals surface area (Å²) in [5.41, 5.74) is 0.769. The minimum Gasteiger partial charge on any atom is -0.297 e. The summed E-state index contributed by atoms with van der Waals surface area (Å²) in [4.78, 5) is 38.0. The van der Waals surface area contributed by atoms with E-state index in [4.69, 9.17) is 0 Å². The monoisotopic (exact) mass is 349 g/mol. The van der Waals surface area contributed by atoms with Crippen LogP contribution in [0.4, 0.5) is 0 Å². The van der Waals surface area contributed by atoms with Crippen molar-refractivity contribution in [2.24, 2.45) is 5.92 Å². The van der Waals surface area contributed by atoms with Crippen LogP contribution in [0.1, 0.15) is 52.8 Å². The van der Waals surface area contributed by atoms with E-state index in [1.165, 1.54) is 6.42 Å². The summed E-state index contributed by atoms with van der Waals surface area (Å²) >= 11 is 3.30. The maximum atomic E-state index is 12.3. The van der Waals surface area contributed by atoms with Crippen molar-refractivity contribution >= 4 is 33.5 Å². The van der Waals surface area contributed by atoms with Gasteiger partial charge in [-0.25, -0.2) is 0 Å². The smallest absolute Gasteiger partial charge is 0.262 e. The minimum atomic E-state index is -0.361. The van der Waals surface area contributed by atoms with E-state index >= 15 is 0 Å². The Morgan fingerprint density at radius 1 is 1.10 bits per heavy atom. The fourth-order valence-electron chi connectivity index (χ4n) is 3.12. The lowest BCUT2D eigenvalue weighted by Crippen LogP contribution is -2.37. The summed E-state index contributed by atoms with van der Waals surface area (Å²) in [6, 6.07) is 5.00. The lowest BCUT2D eigenvalue weighted by Gasteiger charge is -2.22. The molecule has 0 atom stereocenters. The predicted molar refractivity (Wildman–Crippen MR) is 81.1 cm³/mol. The molecule has 1 aromatic carbocycles. The van der Waals surface area contributed by atoms with E-state index in [0.717, 1.165) is 35.1 Å². The van der Waals surface area contributed by atoms with Crippen LogP contribution in [0.2, 0.25) is 0 Å². The number of nitrogens with zero attached hydrogens (tertiary/aromatic N) is 1. The van der Waals surface area contributed by atoms with E-state index in [1.807, 2.05) is 0 Å². The topological polar surface area (TPSA) is 54.5 Å². The zero-order valence-corrected chi connectivity index (χ0v) is 13.2. The van der Waals surface area contributed by atoms with Crippen LogP contribution in [0.3, 0.4) is 0 Å². The van der Waals surface area contributed by atoms with Crippen LogP contribution >= 0.6 is 15.9 Å². The molecule has 21 heavy (non-hydrogen) atoms. The Kier molecular flexibility index (Phi) is 3.93. The Balaban J connectivity index is 1.77. The summed E-state index contributed by atoms with van der Waals surface area (Å²) in [6.07, 6.45) is 5.06. The molecule has 0 aromatic heterocycles. The van der Waals surface area contributed by atoms with Crippen molar-refractivity contribution in [2.45, 2.75) is 32.1 Å². The highest BCUT2D eigenvalue weighted by atomic mass is 79.9. The molecule has 1 aliphatic carbocycles. The first kappa shape index (κ1) is 14.4. The van der Waals surface area contributed by atoms with E-state index < -0.39 is 0 Å². The maximum Gasteiger partial charge on any atom is 0.262 e. The Labute approximate surface area is 131 Å². The van der Waals surface area contributed by atoms with Crippen molar-refractivity contribution in [3.8, 4) is 0 Å². The number of Topliss-reactive ketones (excluding diaryl/α,β-unsaturated/α-hetero) is 1. The molecule has 3 rings (SSSR count). The SMILES string of the molecule is O=C(CN1C(=O)c2ccc(Br)cc2C1=O)C1CCCCC1. The van der Waals surface area contributed by atoms with Gasteiger partial charge >= 0.3 is 0 Å². The molecule has 0 spiro atoms. The highest BCUT2D eigenvalue weighted by molar-refractivity contribution is 9.10. The quantitative estimate of drug-likeness (QED) is 0.787. The van der Waals surface area contributed by atoms with E-state index in [-0.39, 0.29) is 30.1 Å². The third-order valence-electron chi connectivity index (χ3n) is 4.31. The van der Waals surface area contributed by atoms with Crippen LogP contribution in [-0.4, -0.2) is 29.0 Å². The largest absolute Gasteiger partial charge is 0.297 e. The number of hydrogen-bond acceptors (Lipinski definition) is 3. The summed E-state index contributed by atoms with van der Waals surface area (Å²) in [6.45, 7) is -0.0887. The molecule has 1 fully saturated rings. The summed E-state index contributed by atoms with van der Waals surface area (Å²) < 4.78 is 0.753. The highest BCUT2D eigenvalue weighted by Crippen LogP contribution is 2.28. The number of benzene rings is 1. The molecule has 1 heterocycles. The number of ketones is 1. The normalized spacial score (nSPS) is 19.0. The van der Waals surface area contributed by atoms with Gasteiger partial charge in [-0.05, 0) is 31.0 Å². The molecule has 1 aromatic rings. The molecule has 0 bridgehead atoms. The zero-order chi connectivity index (χ0) is 15.0. The number of halogens is 1. The molecule has 4 nitrogen and oxygen atoms in total. The maximum absolute atomic E-state index is 12.3. The third-order valence-corrected chi connectivity index (χ3v) is 4.80. The van der Waals surface area contributed by atoms with Crippen molar-refractivity contribution in [1.29, 1.82) is 0 Å². The number of rotatable bonds is 3. The molecule has 1 aliphatic heterocycles. The molecular weight excluding hydrogens is 334 g/mol. The van der Waals surface area contributed by atoms with Gasteiger partial charge in [0.25, 0.3) is 11.8 Å². The summed E-state index contributed by atoms with van der Waals surface area (Å²) in [7, 11) is 0. The molecule has 1 saturated carbocycles. The van der Waals surface area contributed by atoms with Gasteiger partial charge < -0.3 is 0 Å². The molecule has 5 heteroatoms. The molecular formula is C16H16BrNO3. The van der Waals surface area contributed by atoms with Crippen molar-refractivity contribution in [1.82, 2.24) is 4.90 Å². The van der Waals surface area contributed by atoms with Gasteiger partial charge in [0, 0.05) is 10.4 Å². The summed E-state index contributed by atoms with van der Waals surface area (Å²) in [5, 5.41) is 0. The standard InChI is InChI=1S/C16H16BrNO3/c17-11-6-7-12-13(8-11)16(21)18(15(12)20)9-14(19)10-4-2-1-3-5-10/h6-8,10H,1-5,9H2. The van der Waals surface area contributed by atoms with Crippen molar-refractivity contribution in [3.63, 3.8) is 0 Å². The van der Waals surface area contributed by atoms with Crippen molar-refractivity contribution < 1.29 is 14.4 Å². The molecule has 2 aliphatic rings. The Bertz CT molecular complexity index is 620. The van der Waals surface area contributed by atoms with Crippen LogP contribution in [0.25, 0.3) is 0 Å². The molecule has 110 valence electrons. The van der Waals surface area contributed by atoms with Gasteiger partial charge in [-0.3, -0.25) is 19.3 Å². The van der Waals surface area contributed by atoms with E-state index in [9.17, 15) is 14.4 Å². The first-order valence-electron chi connectivity index (χ1n) is 7.26. The van der Waals surface area contributed by atoms with Gasteiger partial charge in [0.15, 0.2) is 5.78 Å². The van der Waals surface area contributed by atoms with E-state index in [0.29, 0.717) is 11.1 Å². The number of fused-ring (bicyclic) bond motifs is 1. The second kappa shape index (κ2) is 5.72. The van der Waals surface area contributed by atoms with E-state index in [2.05, 4.69) is 15.9 Å². The molecule has 0 saturated heterocycles. The van der Waals surface area contributed by atoms with Gasteiger partial charge in [0.1, 0.15) is 0 Å². The molecule has 2 amide bonds. The fraction of sp³-hybridized carbons (Fsp3) is 0.438. The first-order valence-corrected chi connectivity index (χ1v) is 8.05. The number of carbonyl (C=O) groups is 3. The lowest BCUT2D eigenvalue weighted by atomic mass is 9.86. The first-order chi connectivity index (χ1) is 10.1. The highest BCUT2D eigenvalue weighted by Gasteiger charge is 2.37. The molecule has 0 N–H and O–H groups in total. The number of amides is 2. The Morgan fingerprint density at radius 3 is 2.48 bits per heavy atom. The lowest BCUT2D eigenvalue weighted by molar-refractivity contribution is -0.124. The van der Waals surface area contributed by atoms with E-state index in [1.54, 1.807) is 18.2 Å². The number of carbonyl (C=O) groups excluding carboxylic acids is 3. The van der Waals surface area contributed by atoms with Gasteiger partial charge in [-0.2, -0.15) is 0 Å². The Morgan fingerprint density at radius 2 is 1.76 bits per heavy atom. The minimum absolute atomic E-state index is 0.00907. The molecule has 0 radical (unpaired) electrons. The van der Waals surface area contributed by atoms with Crippen molar-refractivity contribution in [3.05, 3.63) is 33.8 Å². The van der Waals surface area contributed by atoms with Crippen LogP contribution in [0.15, 0.2) is 22.7 Å². The summed E-state index contributed by atoms with van der Waals surface area (Å²) in [5.74, 6) is -0.690. The Hall–Kier alpha value is -1.49. The van der Waals surface area contributed by atoms with Gasteiger partial charge in [0.2, 0.25) is 0 Å². The average molecular weight is 350 g/mol. The van der Waals surface area contributed by atoms with Crippen LogP contribution in [0, 0.1) is 5.92 Å². The third kappa shape index (κ3) is 2.67. The second-order valence-electron chi connectivity index (χ2n) is 5.69. The predicted octanol–water partition coefficient (Wildman–Crippen LogP) is 3.19. The van der Waals surface area contributed by atoms with Crippen LogP contribution in [-0.2, 0) is 4.79 Å². The van der Waals surface area contributed by atoms with Gasteiger partial charge in [-0.15, -0.1) is 0 Å². The van der Waals surface area contributed by atoms with Crippen molar-refractivity contribution in [2.75, 3.05) is 6.54 Å². The second-order valence-corrected chi connectivity index (χ2v) is 6.60. The fourth-order valence-corrected chi connectivity index (χ4v) is 3.48. The number of hydrogen-bond donors (Lipinski definition) is 0. The number of imide groups is 1. The molecule has 0 unspecified atom stereocenters.